The number of para-hydroxylation sites is 5. The number of alkyl carbamates (subject to hydrolysis) is 2. The molecule has 5 aliphatic rings. The SMILES string of the molecule is CC(C)(C)OC(=O)N[C@@H]1CCCc2c(-c3cnc4ccccc4c3)c3c(N)ncnc3n2C1.CC(C)(C)OC(=O)N[C@H]1CCCc2c(-c3cnc4ccccc4c3)c3c(N)ncnc3n2C1.C[C@@H]1CCc2c(-c3cnc4ccccc4c3)c3c(N)ncnc3n2C1.C[C@H]1CCc2c(-c3cnc4ccccc4c3)c3c(N)ncnc3n2C1.C[C@H]1CCc2c(-c3cnc4ccccc4c3)c3c(N)ncnc3n2CC1. The Morgan fingerprint density at radius 2 is 0.549 bits per heavy atom. The van der Waals surface area contributed by atoms with Crippen molar-refractivity contribution in [1.82, 2.24) is 108 Å². The van der Waals surface area contributed by atoms with Crippen molar-refractivity contribution in [3.05, 3.63) is 243 Å². The van der Waals surface area contributed by atoms with Crippen LogP contribution in [0.4, 0.5) is 38.7 Å². The molecule has 5 aromatic carbocycles. The van der Waals surface area contributed by atoms with Gasteiger partial charge in [-0.1, -0.05) is 112 Å². The van der Waals surface area contributed by atoms with E-state index in [1.165, 1.54) is 49.0 Å². The lowest BCUT2D eigenvalue weighted by Gasteiger charge is -2.23. The summed E-state index contributed by atoms with van der Waals surface area (Å²) in [6.07, 6.45) is 29.5. The lowest BCUT2D eigenvalue weighted by Crippen LogP contribution is -2.40. The topological polar surface area (TPSA) is 425 Å². The molecule has 2 amide bonds. The van der Waals surface area contributed by atoms with E-state index in [9.17, 15) is 9.59 Å². The number of ether oxygens (including phenoxy) is 2. The number of benzene rings is 5. The van der Waals surface area contributed by atoms with E-state index in [-0.39, 0.29) is 12.1 Å². The molecule has 0 spiro atoms. The van der Waals surface area contributed by atoms with Crippen molar-refractivity contribution in [3.8, 4) is 55.6 Å². The molecule has 0 radical (unpaired) electrons. The first-order chi connectivity index (χ1) is 68.8. The average Bonchev–Trinajstić information content (AvgIpc) is 1.60. The van der Waals surface area contributed by atoms with Gasteiger partial charge in [-0.05, 0) is 203 Å². The predicted octanol–water partition coefficient (Wildman–Crippen LogP) is 20.7. The van der Waals surface area contributed by atoms with Gasteiger partial charge < -0.3 is 71.6 Å². The van der Waals surface area contributed by atoms with Crippen LogP contribution in [0.25, 0.3) is 165 Å². The summed E-state index contributed by atoms with van der Waals surface area (Å²) in [4.78, 5) is 92.3. The monoisotopic (exact) mass is 1890 g/mol. The molecule has 0 saturated heterocycles. The van der Waals surface area contributed by atoms with Crippen LogP contribution < -0.4 is 39.3 Å². The van der Waals surface area contributed by atoms with Gasteiger partial charge in [0.2, 0.25) is 0 Å². The zero-order valence-corrected chi connectivity index (χ0v) is 81.3. The Bertz CT molecular complexity index is 7900. The van der Waals surface area contributed by atoms with Crippen molar-refractivity contribution >= 4 is 151 Å². The second-order valence-electron chi connectivity index (χ2n) is 40.3. The van der Waals surface area contributed by atoms with Crippen molar-refractivity contribution in [3.63, 3.8) is 0 Å². The molecule has 0 fully saturated rings. The first-order valence-electron chi connectivity index (χ1n) is 49.1. The zero-order valence-electron chi connectivity index (χ0n) is 81.3. The van der Waals surface area contributed by atoms with E-state index in [4.69, 9.17) is 38.1 Å². The minimum absolute atomic E-state index is 0.0736. The molecule has 31 heteroatoms. The smallest absolute Gasteiger partial charge is 0.407 e. The molecule has 142 heavy (non-hydrogen) atoms. The molecule has 0 unspecified atom stereocenters. The van der Waals surface area contributed by atoms with Gasteiger partial charge in [0.1, 0.15) is 100 Å². The summed E-state index contributed by atoms with van der Waals surface area (Å²) in [6, 6.07) is 51.4. The van der Waals surface area contributed by atoms with Crippen LogP contribution in [0, 0.1) is 17.8 Å². The van der Waals surface area contributed by atoms with Crippen LogP contribution in [0.2, 0.25) is 0 Å². The van der Waals surface area contributed by atoms with Crippen LogP contribution in [0.3, 0.4) is 0 Å². The Morgan fingerprint density at radius 1 is 0.303 bits per heavy atom. The van der Waals surface area contributed by atoms with E-state index >= 15 is 0 Å². The van der Waals surface area contributed by atoms with Gasteiger partial charge in [-0.25, -0.2) is 59.4 Å². The molecular formula is C111H115N27O4. The summed E-state index contributed by atoms with van der Waals surface area (Å²) >= 11 is 0. The largest absolute Gasteiger partial charge is 0.444 e. The Morgan fingerprint density at radius 3 is 0.831 bits per heavy atom. The van der Waals surface area contributed by atoms with E-state index in [1.54, 1.807) is 19.0 Å². The fourth-order valence-corrected chi connectivity index (χ4v) is 21.4. The minimum atomic E-state index is -0.544. The maximum atomic E-state index is 12.4. The average molecular weight is 1890 g/mol. The number of anilines is 5. The Hall–Kier alpha value is -16.2. The number of nitrogens with zero attached hydrogens (tertiary/aromatic N) is 20. The second-order valence-corrected chi connectivity index (χ2v) is 40.3. The fourth-order valence-electron chi connectivity index (χ4n) is 21.4. The molecular weight excluding hydrogens is 1780 g/mol. The summed E-state index contributed by atoms with van der Waals surface area (Å²) < 4.78 is 22.3. The van der Waals surface area contributed by atoms with Crippen LogP contribution in [0.5, 0.6) is 0 Å². The van der Waals surface area contributed by atoms with Crippen LogP contribution in [0.15, 0.2) is 214 Å². The number of rotatable bonds is 7. The predicted molar refractivity (Wildman–Crippen MR) is 563 cm³/mol. The first kappa shape index (κ1) is 92.2. The molecule has 5 aliphatic heterocycles. The van der Waals surface area contributed by atoms with E-state index < -0.39 is 23.4 Å². The highest BCUT2D eigenvalue weighted by molar-refractivity contribution is 6.09. The molecule has 25 rings (SSSR count). The standard InChI is InChI=1S/2C25H28N6O2.C21H21N5.2C20H19N5/c2*1-25(2,3)33-24(32)30-17-8-6-10-19-20(16-11-15-7-4-5-9-18(15)27-12-16)21-22(26)28-14-29-23(21)31(19)13-17;1-13-6-7-17-18(15-10-14-4-2-3-5-16(14)23-11-15)19-20(22)24-12-25-21(19)26(17)9-8-13;2*1-12-6-7-16-17(14-8-13-4-2-3-5-15(13)22-9-14)18-19(21)23-11-24-20(18)25(16)10-12/h2*4-5,7,9,11-12,14,17H,6,8,10,13H2,1-3H3,(H,30,32)(H2,26,28,29);2-5,10-13H,6-9H2,1H3,(H2,22,24,25);2*2-5,8-9,11-12H,6-7,10H2,1H3,(H2,21,23,24)/t2*17-;13-;2*12-/m10010/s1. The van der Waals surface area contributed by atoms with Crippen molar-refractivity contribution in [2.45, 2.75) is 202 Å². The van der Waals surface area contributed by atoms with Gasteiger partial charge in [-0.2, -0.15) is 0 Å². The van der Waals surface area contributed by atoms with Crippen molar-refractivity contribution in [1.29, 1.82) is 0 Å². The summed E-state index contributed by atoms with van der Waals surface area (Å²) in [5, 5.41) is 16.2. The van der Waals surface area contributed by atoms with Gasteiger partial charge in [0, 0.05) is 175 Å². The molecule has 20 aromatic rings. The maximum Gasteiger partial charge on any atom is 0.407 e. The van der Waals surface area contributed by atoms with Gasteiger partial charge in [0.05, 0.1) is 66.6 Å². The Labute approximate surface area is 820 Å². The molecule has 12 N–H and O–H groups in total. The van der Waals surface area contributed by atoms with E-state index in [2.05, 4.69) is 190 Å². The maximum absolute atomic E-state index is 12.4. The van der Waals surface area contributed by atoms with Crippen LogP contribution in [-0.4, -0.2) is 133 Å². The summed E-state index contributed by atoms with van der Waals surface area (Å²) in [5.41, 5.74) is 56.8. The normalized spacial score (nSPS) is 16.8. The summed E-state index contributed by atoms with van der Waals surface area (Å²) in [6.45, 7) is 22.2. The number of pyridine rings is 5. The molecule has 0 bridgehead atoms. The highest BCUT2D eigenvalue weighted by atomic mass is 16.6. The number of carbonyl (C=O) groups excluding carboxylic acids is 2. The number of hydrogen-bond acceptors (Lipinski definition) is 24. The second kappa shape index (κ2) is 38.2. The number of amides is 2. The van der Waals surface area contributed by atoms with Gasteiger partial charge in [-0.15, -0.1) is 0 Å². The lowest BCUT2D eigenvalue weighted by molar-refractivity contribution is 0.0485. The zero-order chi connectivity index (χ0) is 97.9. The van der Waals surface area contributed by atoms with Crippen LogP contribution in [-0.2, 0) is 74.3 Å². The molecule has 31 nitrogen and oxygen atoms in total. The Kier molecular flexibility index (Phi) is 24.8. The van der Waals surface area contributed by atoms with Gasteiger partial charge in [0.25, 0.3) is 0 Å². The summed E-state index contributed by atoms with van der Waals surface area (Å²) in [5.74, 6) is 4.52. The van der Waals surface area contributed by atoms with Crippen molar-refractivity contribution in [2.75, 3.05) is 28.7 Å². The number of carbonyl (C=O) groups is 2. The molecule has 718 valence electrons. The number of nitrogens with two attached hydrogens (primary N) is 5. The number of hydrogen-bond donors (Lipinski definition) is 7. The highest BCUT2D eigenvalue weighted by Gasteiger charge is 2.35. The molecule has 0 aliphatic carbocycles. The highest BCUT2D eigenvalue weighted by Crippen LogP contribution is 2.47. The third-order valence-electron chi connectivity index (χ3n) is 27.9. The number of aryl methyl sites for hydroxylation is 1. The van der Waals surface area contributed by atoms with Crippen molar-refractivity contribution in [2.24, 2.45) is 17.8 Å². The molecule has 20 heterocycles. The first-order valence-corrected chi connectivity index (χ1v) is 49.1. The third-order valence-corrected chi connectivity index (χ3v) is 27.9. The molecule has 5 atom stereocenters. The van der Waals surface area contributed by atoms with Crippen LogP contribution >= 0.6 is 0 Å². The van der Waals surface area contributed by atoms with Gasteiger partial charge in [-0.3, -0.25) is 24.9 Å². The minimum Gasteiger partial charge on any atom is -0.444 e. The van der Waals surface area contributed by atoms with E-state index in [0.29, 0.717) is 59.9 Å². The van der Waals surface area contributed by atoms with Gasteiger partial charge in [0.15, 0.2) is 0 Å². The third kappa shape index (κ3) is 18.3. The summed E-state index contributed by atoms with van der Waals surface area (Å²) in [7, 11) is 0. The number of fused-ring (bicyclic) bond motifs is 20. The molecule has 0 saturated carbocycles. The Balaban J connectivity index is 0.000000106. The molecule has 15 aromatic heterocycles. The lowest BCUT2D eigenvalue weighted by atomic mass is 9.95. The van der Waals surface area contributed by atoms with Crippen LogP contribution in [0.1, 0.15) is 142 Å². The number of nitrogen functional groups attached to an aromatic ring is 5. The van der Waals surface area contributed by atoms with Gasteiger partial charge >= 0.3 is 12.2 Å². The van der Waals surface area contributed by atoms with Crippen molar-refractivity contribution < 1.29 is 19.1 Å². The number of nitrogens with one attached hydrogen (secondary N) is 2. The number of aromatic nitrogens is 20. The quantitative estimate of drug-likeness (QED) is 0.0779. The van der Waals surface area contributed by atoms with E-state index in [0.717, 1.165) is 261 Å². The fraction of sp³-hybridized carbons (Fsp3) is 0.306. The van der Waals surface area contributed by atoms with E-state index in [1.807, 2.05) is 164 Å².